The Hall–Kier alpha value is -3.67. The number of benzene rings is 2. The van der Waals surface area contributed by atoms with Crippen molar-refractivity contribution in [2.75, 3.05) is 49.1 Å². The molecule has 6 nitrogen and oxygen atoms in total. The van der Waals surface area contributed by atoms with Gasteiger partial charge in [-0.25, -0.2) is 4.58 Å². The molecule has 0 bridgehead atoms. The Morgan fingerprint density at radius 2 is 1.41 bits per heavy atom. The molecule has 0 N–H and O–H groups in total. The van der Waals surface area contributed by atoms with Gasteiger partial charge in [0.2, 0.25) is 5.71 Å². The third-order valence-electron chi connectivity index (χ3n) is 8.29. The second-order valence-electron chi connectivity index (χ2n) is 10.2. The van der Waals surface area contributed by atoms with Gasteiger partial charge in [-0.1, -0.05) is 0 Å². The zero-order valence-corrected chi connectivity index (χ0v) is 24.9. The number of hydrogen-bond acceptors (Lipinski definition) is 4. The zero-order valence-electron chi connectivity index (χ0n) is 24.9. The van der Waals surface area contributed by atoms with E-state index in [-0.39, 0.29) is 10.6 Å². The molecule has 0 unspecified atom stereocenters. The van der Waals surface area contributed by atoms with Gasteiger partial charge in [-0.2, -0.15) is 0 Å². The SMILES string of the molecule is CCN(CC)c1ccc(C2=C3C=C(C)C(=[N+](CC)CC)C=C3c3cc(N(CC)CC)c(C)cc32)c([N+](=O)[O-])c1. The molecule has 0 radical (unpaired) electrons. The second kappa shape index (κ2) is 11.6. The molecule has 2 aromatic rings. The molecule has 206 valence electrons. The topological polar surface area (TPSA) is 52.6 Å². The maximum absolute atomic E-state index is 12.5. The Morgan fingerprint density at radius 1 is 0.769 bits per heavy atom. The minimum absolute atomic E-state index is 0.157. The van der Waals surface area contributed by atoms with Gasteiger partial charge in [-0.3, -0.25) is 10.1 Å². The average molecular weight is 528 g/mol. The molecule has 0 saturated heterocycles. The largest absolute Gasteiger partial charge is 0.372 e. The fraction of sp³-hybridized carbons (Fsp3) is 0.424. The summed E-state index contributed by atoms with van der Waals surface area (Å²) in [5, 5.41) is 12.5. The van der Waals surface area contributed by atoms with E-state index in [1.165, 1.54) is 22.5 Å². The fourth-order valence-electron chi connectivity index (χ4n) is 6.17. The third kappa shape index (κ3) is 4.93. The van der Waals surface area contributed by atoms with Gasteiger partial charge < -0.3 is 9.80 Å². The first-order chi connectivity index (χ1) is 18.7. The van der Waals surface area contributed by atoms with Crippen LogP contribution in [-0.4, -0.2) is 54.5 Å². The summed E-state index contributed by atoms with van der Waals surface area (Å²) in [4.78, 5) is 16.8. The normalized spacial score (nSPS) is 14.1. The predicted octanol–water partition coefficient (Wildman–Crippen LogP) is 7.25. The smallest absolute Gasteiger partial charge is 0.279 e. The molecule has 0 fully saturated rings. The van der Waals surface area contributed by atoms with Gasteiger partial charge in [0.1, 0.15) is 13.1 Å². The Balaban J connectivity index is 2.07. The van der Waals surface area contributed by atoms with E-state index in [9.17, 15) is 10.1 Å². The van der Waals surface area contributed by atoms with Gasteiger partial charge in [-0.05, 0) is 114 Å². The number of nitro groups is 1. The maximum Gasteiger partial charge on any atom is 0.279 e. The number of allylic oxidation sites excluding steroid dienone is 5. The summed E-state index contributed by atoms with van der Waals surface area (Å²) in [6.45, 7) is 22.5. The molecule has 2 aliphatic carbocycles. The van der Waals surface area contributed by atoms with Crippen LogP contribution in [0.1, 0.15) is 70.7 Å². The highest BCUT2D eigenvalue weighted by atomic mass is 16.6. The molecule has 0 amide bonds. The number of nitro benzene ring substituents is 1. The van der Waals surface area contributed by atoms with Crippen LogP contribution in [0, 0.1) is 17.0 Å². The van der Waals surface area contributed by atoms with Crippen molar-refractivity contribution >= 4 is 33.9 Å². The summed E-state index contributed by atoms with van der Waals surface area (Å²) in [5.74, 6) is 0. The third-order valence-corrected chi connectivity index (χ3v) is 8.29. The Labute approximate surface area is 233 Å². The summed E-state index contributed by atoms with van der Waals surface area (Å²) < 4.78 is 2.38. The summed E-state index contributed by atoms with van der Waals surface area (Å²) in [6.07, 6.45) is 4.55. The van der Waals surface area contributed by atoms with E-state index in [4.69, 9.17) is 0 Å². The van der Waals surface area contributed by atoms with Crippen molar-refractivity contribution in [2.24, 2.45) is 0 Å². The van der Waals surface area contributed by atoms with Gasteiger partial charge in [0.25, 0.3) is 5.69 Å². The molecular formula is C33H43N4O2+. The van der Waals surface area contributed by atoms with Crippen LogP contribution in [0.4, 0.5) is 17.1 Å². The molecule has 0 heterocycles. The highest BCUT2D eigenvalue weighted by molar-refractivity contribution is 6.20. The highest BCUT2D eigenvalue weighted by Gasteiger charge is 2.35. The van der Waals surface area contributed by atoms with Crippen LogP contribution in [0.25, 0.3) is 11.1 Å². The number of aryl methyl sites for hydroxylation is 1. The Bertz CT molecular complexity index is 1410. The molecular weight excluding hydrogens is 484 g/mol. The minimum Gasteiger partial charge on any atom is -0.372 e. The standard InChI is InChI=1S/C33H43N4O2/c1-9-34(10-2)24-15-16-25(32(19-24)37(38)39)33-28-17-22(7)30(35(11-3)12-4)20-26(28)27-21-31(36(13-5)14-6)23(8)18-29(27)33/h15-21H,9-14H2,1-8H3/q+1. The first kappa shape index (κ1) is 28.3. The van der Waals surface area contributed by atoms with Gasteiger partial charge in [0, 0.05) is 60.8 Å². The minimum atomic E-state index is -0.221. The number of fused-ring (bicyclic) bond motifs is 3. The van der Waals surface area contributed by atoms with Gasteiger partial charge >= 0.3 is 0 Å². The molecule has 2 aliphatic rings. The van der Waals surface area contributed by atoms with Crippen LogP contribution in [0.3, 0.4) is 0 Å². The van der Waals surface area contributed by atoms with Crippen molar-refractivity contribution in [3.05, 3.63) is 86.0 Å². The lowest BCUT2D eigenvalue weighted by Crippen LogP contribution is -2.23. The van der Waals surface area contributed by atoms with Crippen molar-refractivity contribution < 1.29 is 9.50 Å². The van der Waals surface area contributed by atoms with Gasteiger partial charge in [0.05, 0.1) is 10.5 Å². The van der Waals surface area contributed by atoms with Crippen molar-refractivity contribution in [3.8, 4) is 0 Å². The first-order valence-electron chi connectivity index (χ1n) is 14.4. The number of rotatable bonds is 10. The first-order valence-corrected chi connectivity index (χ1v) is 14.4. The molecule has 39 heavy (non-hydrogen) atoms. The molecule has 6 heteroatoms. The molecule has 0 aromatic heterocycles. The van der Waals surface area contributed by atoms with E-state index >= 15 is 0 Å². The van der Waals surface area contributed by atoms with E-state index in [0.29, 0.717) is 5.56 Å². The number of anilines is 2. The molecule has 4 rings (SSSR count). The fourth-order valence-corrected chi connectivity index (χ4v) is 6.17. The van der Waals surface area contributed by atoms with Crippen LogP contribution in [0.2, 0.25) is 0 Å². The van der Waals surface area contributed by atoms with E-state index in [0.717, 1.165) is 72.8 Å². The van der Waals surface area contributed by atoms with Gasteiger partial charge in [0.15, 0.2) is 0 Å². The van der Waals surface area contributed by atoms with E-state index < -0.39 is 0 Å². The Morgan fingerprint density at radius 3 is 1.97 bits per heavy atom. The Kier molecular flexibility index (Phi) is 8.43. The van der Waals surface area contributed by atoms with Crippen molar-refractivity contribution in [2.45, 2.75) is 55.4 Å². The molecule has 0 spiro atoms. The summed E-state index contributed by atoms with van der Waals surface area (Å²) in [7, 11) is 0. The predicted molar refractivity (Wildman–Crippen MR) is 166 cm³/mol. The number of hydrogen-bond donors (Lipinski definition) is 0. The molecule has 2 aromatic carbocycles. The second-order valence-corrected chi connectivity index (χ2v) is 10.2. The van der Waals surface area contributed by atoms with Crippen molar-refractivity contribution in [1.82, 2.24) is 0 Å². The van der Waals surface area contributed by atoms with E-state index in [2.05, 4.69) is 94.1 Å². The average Bonchev–Trinajstić information content (AvgIpc) is 3.22. The summed E-state index contributed by atoms with van der Waals surface area (Å²) in [5.41, 5.74) is 12.0. The van der Waals surface area contributed by atoms with Crippen molar-refractivity contribution in [1.29, 1.82) is 0 Å². The highest BCUT2D eigenvalue weighted by Crippen LogP contribution is 2.50. The lowest BCUT2D eigenvalue weighted by atomic mass is 9.90. The van der Waals surface area contributed by atoms with Crippen molar-refractivity contribution in [3.63, 3.8) is 0 Å². The van der Waals surface area contributed by atoms with Crippen LogP contribution in [0.5, 0.6) is 0 Å². The van der Waals surface area contributed by atoms with Crippen LogP contribution in [0.15, 0.2) is 53.6 Å². The van der Waals surface area contributed by atoms with Crippen LogP contribution in [-0.2, 0) is 0 Å². The van der Waals surface area contributed by atoms with Crippen LogP contribution < -0.4 is 9.80 Å². The zero-order chi connectivity index (χ0) is 28.4. The monoisotopic (exact) mass is 527 g/mol. The molecule has 0 aliphatic heterocycles. The van der Waals surface area contributed by atoms with E-state index in [1.54, 1.807) is 6.07 Å². The summed E-state index contributed by atoms with van der Waals surface area (Å²) >= 11 is 0. The molecule has 0 saturated carbocycles. The van der Waals surface area contributed by atoms with E-state index in [1.807, 2.05) is 12.1 Å². The maximum atomic E-state index is 12.5. The summed E-state index contributed by atoms with van der Waals surface area (Å²) in [6, 6.07) is 10.3. The lowest BCUT2D eigenvalue weighted by Gasteiger charge is -2.25. The van der Waals surface area contributed by atoms with Gasteiger partial charge in [-0.15, -0.1) is 0 Å². The quantitative estimate of drug-likeness (QED) is 0.186. The number of nitrogens with zero attached hydrogens (tertiary/aromatic N) is 4. The van der Waals surface area contributed by atoms with Crippen LogP contribution >= 0.6 is 0 Å². The lowest BCUT2D eigenvalue weighted by molar-refractivity contribution is -0.519. The molecule has 0 atom stereocenters.